The van der Waals surface area contributed by atoms with Gasteiger partial charge in [0.05, 0.1) is 32.5 Å². The first kappa shape index (κ1) is 16.6. The van der Waals surface area contributed by atoms with E-state index in [0.29, 0.717) is 33.7 Å². The summed E-state index contributed by atoms with van der Waals surface area (Å²) in [4.78, 5) is 4.48. The molecule has 0 saturated carbocycles. The molecule has 24 heavy (non-hydrogen) atoms. The lowest BCUT2D eigenvalue weighted by Crippen LogP contribution is -2.41. The van der Waals surface area contributed by atoms with E-state index in [1.807, 2.05) is 0 Å². The molecule has 2 heterocycles. The largest absolute Gasteiger partial charge is 0.495 e. The molecule has 0 aliphatic carbocycles. The number of rotatable bonds is 4. The predicted octanol–water partition coefficient (Wildman–Crippen LogP) is 1.83. The van der Waals surface area contributed by atoms with Crippen LogP contribution in [0.4, 0.5) is 0 Å². The van der Waals surface area contributed by atoms with Crippen molar-refractivity contribution in [3.63, 3.8) is 0 Å². The predicted molar refractivity (Wildman–Crippen MR) is 87.1 cm³/mol. The van der Waals surface area contributed by atoms with Crippen LogP contribution >= 0.6 is 0 Å². The van der Waals surface area contributed by atoms with Gasteiger partial charge in [0.25, 0.3) is 0 Å². The third kappa shape index (κ3) is 2.32. The Morgan fingerprint density at radius 2 is 1.75 bits per heavy atom. The van der Waals surface area contributed by atoms with Gasteiger partial charge in [-0.2, -0.15) is 0 Å². The van der Waals surface area contributed by atoms with Crippen LogP contribution in [0, 0.1) is 0 Å². The van der Waals surface area contributed by atoms with Crippen molar-refractivity contribution in [2.75, 3.05) is 21.3 Å². The molecule has 0 saturated heterocycles. The number of hydrogen-bond acceptors (Lipinski definition) is 7. The summed E-state index contributed by atoms with van der Waals surface area (Å²) in [6.07, 6.45) is -1.90. The lowest BCUT2D eigenvalue weighted by atomic mass is 9.94. The van der Waals surface area contributed by atoms with E-state index in [2.05, 4.69) is 4.98 Å². The van der Waals surface area contributed by atoms with Crippen LogP contribution < -0.4 is 18.9 Å². The topological polar surface area (TPSA) is 90.3 Å². The van der Waals surface area contributed by atoms with Crippen LogP contribution in [0.15, 0.2) is 12.1 Å². The van der Waals surface area contributed by atoms with Crippen molar-refractivity contribution in [3.05, 3.63) is 17.7 Å². The van der Waals surface area contributed by atoms with Crippen LogP contribution in [-0.4, -0.2) is 48.2 Å². The molecule has 1 aliphatic heterocycles. The highest BCUT2D eigenvalue weighted by Crippen LogP contribution is 2.49. The van der Waals surface area contributed by atoms with Gasteiger partial charge in [0.2, 0.25) is 5.88 Å². The molecule has 1 aliphatic rings. The molecule has 130 valence electrons. The number of hydrogen-bond donors (Lipinski definition) is 2. The number of nitrogens with zero attached hydrogens (tertiary/aromatic N) is 1. The summed E-state index contributed by atoms with van der Waals surface area (Å²) >= 11 is 0. The smallest absolute Gasteiger partial charge is 0.224 e. The van der Waals surface area contributed by atoms with Gasteiger partial charge in [-0.05, 0) is 26.0 Å². The third-order valence-corrected chi connectivity index (χ3v) is 4.17. The molecule has 0 fully saturated rings. The van der Waals surface area contributed by atoms with Crippen LogP contribution in [0.3, 0.4) is 0 Å². The number of benzene rings is 1. The molecule has 7 nitrogen and oxygen atoms in total. The molecule has 0 spiro atoms. The molecule has 3 rings (SSSR count). The van der Waals surface area contributed by atoms with Gasteiger partial charge in [0, 0.05) is 5.39 Å². The molecule has 2 aromatic rings. The number of aliphatic hydroxyl groups excluding tert-OH is 1. The number of pyridine rings is 1. The summed E-state index contributed by atoms with van der Waals surface area (Å²) in [7, 11) is 4.57. The van der Waals surface area contributed by atoms with Crippen molar-refractivity contribution >= 4 is 10.9 Å². The second-order valence-electron chi connectivity index (χ2n) is 6.20. The van der Waals surface area contributed by atoms with Gasteiger partial charge in [-0.3, -0.25) is 0 Å². The average Bonchev–Trinajstić information content (AvgIpc) is 2.88. The van der Waals surface area contributed by atoms with Crippen molar-refractivity contribution in [2.24, 2.45) is 0 Å². The molecule has 0 amide bonds. The zero-order chi connectivity index (χ0) is 17.6. The fraction of sp³-hybridized carbons (Fsp3) is 0.471. The van der Waals surface area contributed by atoms with Gasteiger partial charge in [0.15, 0.2) is 17.6 Å². The van der Waals surface area contributed by atoms with Crippen LogP contribution in [0.1, 0.15) is 25.5 Å². The highest BCUT2D eigenvalue weighted by atomic mass is 16.5. The average molecular weight is 335 g/mol. The first-order chi connectivity index (χ1) is 11.3. The summed E-state index contributed by atoms with van der Waals surface area (Å²) in [5.41, 5.74) is -0.334. The van der Waals surface area contributed by atoms with Gasteiger partial charge < -0.3 is 29.2 Å². The van der Waals surface area contributed by atoms with Crippen molar-refractivity contribution in [2.45, 2.75) is 31.7 Å². The zero-order valence-corrected chi connectivity index (χ0v) is 14.3. The number of aromatic nitrogens is 1. The maximum absolute atomic E-state index is 10.6. The Morgan fingerprint density at radius 1 is 1.08 bits per heavy atom. The van der Waals surface area contributed by atoms with E-state index in [9.17, 15) is 10.2 Å². The van der Waals surface area contributed by atoms with Crippen LogP contribution in [0.5, 0.6) is 23.1 Å². The summed E-state index contributed by atoms with van der Waals surface area (Å²) in [5.74, 6) is 1.62. The monoisotopic (exact) mass is 335 g/mol. The summed E-state index contributed by atoms with van der Waals surface area (Å²) < 4.78 is 22.0. The van der Waals surface area contributed by atoms with Gasteiger partial charge in [-0.1, -0.05) is 0 Å². The quantitative estimate of drug-likeness (QED) is 0.881. The van der Waals surface area contributed by atoms with Crippen LogP contribution in [0.2, 0.25) is 0 Å². The van der Waals surface area contributed by atoms with E-state index in [0.717, 1.165) is 0 Å². The van der Waals surface area contributed by atoms with Crippen molar-refractivity contribution < 1.29 is 29.2 Å². The molecule has 1 aromatic heterocycles. The highest BCUT2D eigenvalue weighted by Gasteiger charge is 2.45. The van der Waals surface area contributed by atoms with Crippen molar-refractivity contribution in [1.82, 2.24) is 4.98 Å². The van der Waals surface area contributed by atoms with Gasteiger partial charge >= 0.3 is 0 Å². The Labute approximate surface area is 139 Å². The molecule has 7 heteroatoms. The molecular formula is C17H21NO6. The first-order valence-electron chi connectivity index (χ1n) is 7.53. The molecule has 0 bridgehead atoms. The minimum absolute atomic E-state index is 0.213. The van der Waals surface area contributed by atoms with Crippen LogP contribution in [-0.2, 0) is 0 Å². The molecule has 1 aromatic carbocycles. The lowest BCUT2D eigenvalue weighted by Gasteiger charge is -2.26. The maximum Gasteiger partial charge on any atom is 0.224 e. The second-order valence-corrected chi connectivity index (χ2v) is 6.20. The molecular weight excluding hydrogens is 314 g/mol. The highest BCUT2D eigenvalue weighted by molar-refractivity contribution is 5.94. The summed E-state index contributed by atoms with van der Waals surface area (Å²) in [6, 6.07) is 3.53. The standard InChI is InChI=1S/C17H21NO6/c1-17(2,20)15-12(19)10-13(22-4)8-6-7-9(21-3)14(23-5)11(8)18-16(10)24-15/h6-7,12,15,19-20H,1-5H3/t12-,15+/m0/s1. The van der Waals surface area contributed by atoms with Gasteiger partial charge in [0.1, 0.15) is 17.4 Å². The summed E-state index contributed by atoms with van der Waals surface area (Å²) in [5, 5.41) is 21.5. The molecule has 2 atom stereocenters. The SMILES string of the molecule is COc1ccc2c(OC)c3c(nc2c1OC)O[C@@H](C(C)(C)O)[C@H]3O. The van der Waals surface area contributed by atoms with E-state index in [1.165, 1.54) is 14.2 Å². The number of aliphatic hydroxyl groups is 2. The van der Waals surface area contributed by atoms with Crippen molar-refractivity contribution in [1.29, 1.82) is 0 Å². The minimum Gasteiger partial charge on any atom is -0.495 e. The van der Waals surface area contributed by atoms with E-state index < -0.39 is 17.8 Å². The van der Waals surface area contributed by atoms with E-state index in [4.69, 9.17) is 18.9 Å². The van der Waals surface area contributed by atoms with Crippen LogP contribution in [0.25, 0.3) is 10.9 Å². The summed E-state index contributed by atoms with van der Waals surface area (Å²) in [6.45, 7) is 3.14. The normalized spacial score (nSPS) is 19.8. The Morgan fingerprint density at radius 3 is 2.29 bits per heavy atom. The van der Waals surface area contributed by atoms with E-state index in [-0.39, 0.29) is 5.88 Å². The van der Waals surface area contributed by atoms with E-state index in [1.54, 1.807) is 33.1 Å². The Bertz CT molecular complexity index is 783. The number of ether oxygens (including phenoxy) is 4. The van der Waals surface area contributed by atoms with Crippen molar-refractivity contribution in [3.8, 4) is 23.1 Å². The fourth-order valence-corrected chi connectivity index (χ4v) is 3.05. The minimum atomic E-state index is -1.25. The third-order valence-electron chi connectivity index (χ3n) is 4.17. The Hall–Kier alpha value is -2.25. The van der Waals surface area contributed by atoms with Gasteiger partial charge in [-0.25, -0.2) is 4.98 Å². The lowest BCUT2D eigenvalue weighted by molar-refractivity contribution is -0.0773. The Kier molecular flexibility index (Phi) is 3.93. The first-order valence-corrected chi connectivity index (χ1v) is 7.53. The maximum atomic E-state index is 10.6. The fourth-order valence-electron chi connectivity index (χ4n) is 3.05. The molecule has 0 unspecified atom stereocenters. The second kappa shape index (κ2) is 5.68. The number of fused-ring (bicyclic) bond motifs is 2. The molecule has 2 N–H and O–H groups in total. The molecule has 0 radical (unpaired) electrons. The Balaban J connectivity index is 2.30. The number of methoxy groups -OCH3 is 3. The van der Waals surface area contributed by atoms with E-state index >= 15 is 0 Å². The van der Waals surface area contributed by atoms with Gasteiger partial charge in [-0.15, -0.1) is 0 Å². The zero-order valence-electron chi connectivity index (χ0n) is 14.3.